The Labute approximate surface area is 103 Å². The standard InChI is InChI=1S/C11H13N7/c1-18-5-8(16-7-18)2-3-12-11-13-4-9-10(17-11)15-6-14-9/h4-7H,2-3H2,1H3,(H2,12,13,14,15,17). The van der Waals surface area contributed by atoms with E-state index in [0.29, 0.717) is 11.6 Å². The van der Waals surface area contributed by atoms with Crippen molar-refractivity contribution >= 4 is 17.1 Å². The third-order valence-electron chi connectivity index (χ3n) is 2.60. The fourth-order valence-corrected chi connectivity index (χ4v) is 1.72. The molecule has 0 saturated heterocycles. The second kappa shape index (κ2) is 4.44. The van der Waals surface area contributed by atoms with E-state index < -0.39 is 0 Å². The van der Waals surface area contributed by atoms with Crippen molar-refractivity contribution < 1.29 is 0 Å². The molecular formula is C11H13N7. The number of H-pyrrole nitrogens is 1. The molecule has 3 rings (SSSR count). The number of fused-ring (bicyclic) bond motifs is 1. The van der Waals surface area contributed by atoms with E-state index in [1.54, 1.807) is 18.9 Å². The Bertz CT molecular complexity index is 654. The molecule has 0 fully saturated rings. The molecule has 0 amide bonds. The minimum atomic E-state index is 0.588. The van der Waals surface area contributed by atoms with Crippen LogP contribution in [-0.2, 0) is 13.5 Å². The zero-order valence-electron chi connectivity index (χ0n) is 9.96. The van der Waals surface area contributed by atoms with Gasteiger partial charge in [-0.3, -0.25) is 0 Å². The molecule has 0 aliphatic rings. The third kappa shape index (κ3) is 2.15. The van der Waals surface area contributed by atoms with Crippen LogP contribution in [0.5, 0.6) is 0 Å². The fourth-order valence-electron chi connectivity index (χ4n) is 1.72. The summed E-state index contributed by atoms with van der Waals surface area (Å²) in [6, 6.07) is 0. The van der Waals surface area contributed by atoms with Crippen LogP contribution < -0.4 is 5.32 Å². The van der Waals surface area contributed by atoms with Crippen LogP contribution >= 0.6 is 0 Å². The van der Waals surface area contributed by atoms with E-state index in [4.69, 9.17) is 0 Å². The van der Waals surface area contributed by atoms with Crippen LogP contribution in [0.25, 0.3) is 11.2 Å². The molecule has 0 unspecified atom stereocenters. The maximum Gasteiger partial charge on any atom is 0.224 e. The molecule has 3 heterocycles. The molecule has 0 aromatic carbocycles. The summed E-state index contributed by atoms with van der Waals surface area (Å²) in [5.74, 6) is 0.588. The highest BCUT2D eigenvalue weighted by Gasteiger charge is 2.02. The highest BCUT2D eigenvalue weighted by molar-refractivity contribution is 5.69. The van der Waals surface area contributed by atoms with Gasteiger partial charge in [-0.15, -0.1) is 0 Å². The van der Waals surface area contributed by atoms with Gasteiger partial charge in [-0.2, -0.15) is 4.98 Å². The van der Waals surface area contributed by atoms with Crippen molar-refractivity contribution in [3.05, 3.63) is 30.7 Å². The van der Waals surface area contributed by atoms with Crippen LogP contribution in [-0.4, -0.2) is 36.0 Å². The van der Waals surface area contributed by atoms with Gasteiger partial charge in [0.25, 0.3) is 0 Å². The Balaban J connectivity index is 1.62. The quantitative estimate of drug-likeness (QED) is 0.706. The lowest BCUT2D eigenvalue weighted by Gasteiger charge is -2.02. The first kappa shape index (κ1) is 10.7. The van der Waals surface area contributed by atoms with Gasteiger partial charge in [0.1, 0.15) is 5.52 Å². The molecule has 0 saturated carbocycles. The number of imidazole rings is 2. The molecule has 7 nitrogen and oxygen atoms in total. The van der Waals surface area contributed by atoms with Crippen LogP contribution in [0, 0.1) is 0 Å². The van der Waals surface area contributed by atoms with E-state index in [9.17, 15) is 0 Å². The molecule has 0 bridgehead atoms. The predicted molar refractivity (Wildman–Crippen MR) is 67.1 cm³/mol. The highest BCUT2D eigenvalue weighted by Crippen LogP contribution is 2.07. The van der Waals surface area contributed by atoms with Crippen molar-refractivity contribution in [3.63, 3.8) is 0 Å². The first-order valence-electron chi connectivity index (χ1n) is 5.68. The zero-order chi connectivity index (χ0) is 12.4. The number of nitrogens with zero attached hydrogens (tertiary/aromatic N) is 5. The predicted octanol–water partition coefficient (Wildman–Crippen LogP) is 0.741. The summed E-state index contributed by atoms with van der Waals surface area (Å²) < 4.78 is 1.93. The van der Waals surface area contributed by atoms with Gasteiger partial charge in [0, 0.05) is 26.2 Å². The van der Waals surface area contributed by atoms with Gasteiger partial charge in [-0.05, 0) is 0 Å². The van der Waals surface area contributed by atoms with E-state index in [2.05, 4.69) is 30.2 Å². The summed E-state index contributed by atoms with van der Waals surface area (Å²) in [5.41, 5.74) is 2.56. The molecule has 0 aliphatic carbocycles. The first-order valence-corrected chi connectivity index (χ1v) is 5.68. The van der Waals surface area contributed by atoms with Crippen molar-refractivity contribution in [2.75, 3.05) is 11.9 Å². The molecule has 0 spiro atoms. The summed E-state index contributed by atoms with van der Waals surface area (Å²) in [6.45, 7) is 0.743. The zero-order valence-corrected chi connectivity index (χ0v) is 9.96. The number of nitrogens with one attached hydrogen (secondary N) is 2. The summed E-state index contributed by atoms with van der Waals surface area (Å²) in [4.78, 5) is 19.8. The van der Waals surface area contributed by atoms with Gasteiger partial charge in [0.15, 0.2) is 5.65 Å². The number of anilines is 1. The molecule has 3 aromatic heterocycles. The number of rotatable bonds is 4. The Morgan fingerprint density at radius 1 is 1.33 bits per heavy atom. The lowest BCUT2D eigenvalue weighted by molar-refractivity contribution is 0.909. The topological polar surface area (TPSA) is 84.3 Å². The van der Waals surface area contributed by atoms with Crippen LogP contribution in [0.1, 0.15) is 5.69 Å². The normalized spacial score (nSPS) is 10.9. The average Bonchev–Trinajstić information content (AvgIpc) is 2.97. The van der Waals surface area contributed by atoms with Crippen LogP contribution in [0.15, 0.2) is 25.0 Å². The molecule has 92 valence electrons. The average molecular weight is 243 g/mol. The van der Waals surface area contributed by atoms with Crippen molar-refractivity contribution in [2.45, 2.75) is 6.42 Å². The lowest BCUT2D eigenvalue weighted by Crippen LogP contribution is -2.08. The smallest absolute Gasteiger partial charge is 0.224 e. The second-order valence-electron chi connectivity index (χ2n) is 4.04. The second-order valence-corrected chi connectivity index (χ2v) is 4.04. The minimum Gasteiger partial charge on any atom is -0.354 e. The fraction of sp³-hybridized carbons (Fsp3) is 0.273. The molecule has 18 heavy (non-hydrogen) atoms. The Morgan fingerprint density at radius 3 is 3.11 bits per heavy atom. The Kier molecular flexibility index (Phi) is 2.64. The Hall–Kier alpha value is -2.44. The van der Waals surface area contributed by atoms with E-state index >= 15 is 0 Å². The summed E-state index contributed by atoms with van der Waals surface area (Å²) in [7, 11) is 1.96. The molecule has 0 radical (unpaired) electrons. The summed E-state index contributed by atoms with van der Waals surface area (Å²) in [6.07, 6.45) is 7.96. The molecule has 3 aromatic rings. The van der Waals surface area contributed by atoms with Crippen LogP contribution in [0.3, 0.4) is 0 Å². The van der Waals surface area contributed by atoms with E-state index in [1.165, 1.54) is 0 Å². The molecule has 2 N–H and O–H groups in total. The van der Waals surface area contributed by atoms with Gasteiger partial charge in [-0.25, -0.2) is 15.0 Å². The van der Waals surface area contributed by atoms with Crippen LogP contribution in [0.2, 0.25) is 0 Å². The SMILES string of the molecule is Cn1cnc(CCNc2ncc3[nH]cnc3n2)c1. The van der Waals surface area contributed by atoms with Gasteiger partial charge < -0.3 is 14.9 Å². The van der Waals surface area contributed by atoms with Gasteiger partial charge >= 0.3 is 0 Å². The van der Waals surface area contributed by atoms with Gasteiger partial charge in [-0.1, -0.05) is 0 Å². The van der Waals surface area contributed by atoms with Crippen molar-refractivity contribution in [1.82, 2.24) is 29.5 Å². The number of aromatic nitrogens is 6. The number of hydrogen-bond donors (Lipinski definition) is 2. The Morgan fingerprint density at radius 2 is 2.28 bits per heavy atom. The highest BCUT2D eigenvalue weighted by atomic mass is 15.1. The maximum atomic E-state index is 4.28. The van der Waals surface area contributed by atoms with Crippen molar-refractivity contribution in [2.24, 2.45) is 7.05 Å². The number of aryl methyl sites for hydroxylation is 1. The van der Waals surface area contributed by atoms with E-state index in [-0.39, 0.29) is 0 Å². The molecule has 7 heteroatoms. The van der Waals surface area contributed by atoms with E-state index in [0.717, 1.165) is 24.2 Å². The largest absolute Gasteiger partial charge is 0.354 e. The summed E-state index contributed by atoms with van der Waals surface area (Å²) in [5, 5.41) is 3.16. The van der Waals surface area contributed by atoms with Crippen molar-refractivity contribution in [1.29, 1.82) is 0 Å². The first-order chi connectivity index (χ1) is 8.81. The van der Waals surface area contributed by atoms with E-state index in [1.807, 2.05) is 17.8 Å². The molecular weight excluding hydrogens is 230 g/mol. The minimum absolute atomic E-state index is 0.588. The maximum absolute atomic E-state index is 4.28. The number of hydrogen-bond acceptors (Lipinski definition) is 5. The van der Waals surface area contributed by atoms with Gasteiger partial charge in [0.2, 0.25) is 5.95 Å². The molecule has 0 atom stereocenters. The summed E-state index contributed by atoms with van der Waals surface area (Å²) >= 11 is 0. The van der Waals surface area contributed by atoms with Gasteiger partial charge in [0.05, 0.1) is 24.5 Å². The van der Waals surface area contributed by atoms with Crippen molar-refractivity contribution in [3.8, 4) is 0 Å². The molecule has 0 aliphatic heterocycles. The third-order valence-corrected chi connectivity index (χ3v) is 2.60. The van der Waals surface area contributed by atoms with Crippen LogP contribution in [0.4, 0.5) is 5.95 Å². The monoisotopic (exact) mass is 243 g/mol. The lowest BCUT2D eigenvalue weighted by atomic mass is 10.3. The number of aromatic amines is 1.